The number of hydrogen-bond acceptors (Lipinski definition) is 6. The zero-order valence-corrected chi connectivity index (χ0v) is 16.8. The number of methoxy groups -OCH3 is 4. The van der Waals surface area contributed by atoms with Crippen molar-refractivity contribution < 1.29 is 27.9 Å². The highest BCUT2D eigenvalue weighted by molar-refractivity contribution is 5.83. The first-order chi connectivity index (χ1) is 15.2. The lowest BCUT2D eigenvalue weighted by molar-refractivity contribution is -0.119. The van der Waals surface area contributed by atoms with E-state index in [0.717, 1.165) is 5.56 Å². The molecule has 29 heavy (non-hydrogen) atoms. The summed E-state index contributed by atoms with van der Waals surface area (Å²) in [4.78, 5) is 25.0. The number of amides is 1. The van der Waals surface area contributed by atoms with Crippen LogP contribution in [0, 0.1) is 0 Å². The van der Waals surface area contributed by atoms with Gasteiger partial charge in [-0.1, -0.05) is 6.07 Å². The lowest BCUT2D eigenvalue weighted by Gasteiger charge is -2.19. The van der Waals surface area contributed by atoms with E-state index in [1.165, 1.54) is 40.6 Å². The van der Waals surface area contributed by atoms with Crippen molar-refractivity contribution in [2.24, 2.45) is 0 Å². The highest BCUT2D eigenvalue weighted by Gasteiger charge is 2.29. The predicted molar refractivity (Wildman–Crippen MR) is 109 cm³/mol. The molecule has 0 radical (unpaired) electrons. The Kier molecular flexibility index (Phi) is 4.85. The van der Waals surface area contributed by atoms with Gasteiger partial charge in [0.05, 0.1) is 34.5 Å². The van der Waals surface area contributed by atoms with E-state index < -0.39 is 24.2 Å². The molecule has 0 bridgehead atoms. The summed E-state index contributed by atoms with van der Waals surface area (Å²) < 4.78 is 44.1. The maximum absolute atomic E-state index is 12.7. The largest absolute Gasteiger partial charge is 0.493 e. The lowest BCUT2D eigenvalue weighted by Crippen LogP contribution is -2.26. The highest BCUT2D eigenvalue weighted by Crippen LogP contribution is 2.50. The van der Waals surface area contributed by atoms with Crippen LogP contribution in [0.3, 0.4) is 0 Å². The zero-order chi connectivity index (χ0) is 23.6. The Balaban J connectivity index is 2.35. The van der Waals surface area contributed by atoms with Gasteiger partial charge in [0, 0.05) is 16.5 Å². The number of hydrogen-bond donors (Lipinski definition) is 1. The Labute approximate surface area is 173 Å². The smallest absolute Gasteiger partial charge is 0.220 e. The van der Waals surface area contributed by atoms with Crippen LogP contribution < -0.4 is 29.7 Å². The van der Waals surface area contributed by atoms with E-state index in [1.807, 2.05) is 6.07 Å². The van der Waals surface area contributed by atoms with Crippen LogP contribution in [-0.4, -0.2) is 34.3 Å². The van der Waals surface area contributed by atoms with Gasteiger partial charge in [-0.05, 0) is 47.7 Å². The van der Waals surface area contributed by atoms with Crippen LogP contribution in [0.2, 0.25) is 0 Å². The number of rotatable bonds is 5. The van der Waals surface area contributed by atoms with Crippen LogP contribution in [0.25, 0.3) is 11.1 Å². The van der Waals surface area contributed by atoms with Gasteiger partial charge in [0.15, 0.2) is 17.2 Å². The molecule has 7 heteroatoms. The van der Waals surface area contributed by atoms with E-state index in [0.29, 0.717) is 46.8 Å². The number of carbonyl (C=O) groups excluding carboxylic acids is 1. The van der Waals surface area contributed by atoms with E-state index in [4.69, 9.17) is 23.1 Å². The fourth-order valence-corrected chi connectivity index (χ4v) is 3.77. The second-order valence-electron chi connectivity index (χ2n) is 6.52. The Hall–Kier alpha value is -3.22. The van der Waals surface area contributed by atoms with Crippen molar-refractivity contribution in [2.45, 2.75) is 25.7 Å². The van der Waals surface area contributed by atoms with Gasteiger partial charge in [0.2, 0.25) is 17.1 Å². The molecule has 7 nitrogen and oxygen atoms in total. The van der Waals surface area contributed by atoms with Crippen LogP contribution in [-0.2, 0) is 11.2 Å². The van der Waals surface area contributed by atoms with Crippen LogP contribution in [0.15, 0.2) is 29.1 Å². The fourth-order valence-electron chi connectivity index (χ4n) is 3.77. The second kappa shape index (κ2) is 8.43. The average molecular weight is 402 g/mol. The summed E-state index contributed by atoms with van der Waals surface area (Å²) in [6.07, 6.45) is 0.813. The summed E-state index contributed by atoms with van der Waals surface area (Å²) >= 11 is 0. The second-order valence-corrected chi connectivity index (χ2v) is 6.52. The van der Waals surface area contributed by atoms with Gasteiger partial charge in [0.25, 0.3) is 0 Å². The molecule has 3 rings (SSSR count). The average Bonchev–Trinajstić information content (AvgIpc) is 3.00. The molecule has 0 saturated heterocycles. The molecule has 0 unspecified atom stereocenters. The van der Waals surface area contributed by atoms with Crippen molar-refractivity contribution in [1.29, 1.82) is 0 Å². The first kappa shape index (κ1) is 16.7. The number of aryl methyl sites for hydroxylation is 1. The summed E-state index contributed by atoms with van der Waals surface area (Å²) in [5.41, 5.74) is 2.16. The molecule has 0 heterocycles. The lowest BCUT2D eigenvalue weighted by atomic mass is 9.95. The van der Waals surface area contributed by atoms with Crippen molar-refractivity contribution >= 4 is 5.91 Å². The van der Waals surface area contributed by atoms with Crippen molar-refractivity contribution in [3.05, 3.63) is 45.6 Å². The molecule has 1 atom stereocenters. The van der Waals surface area contributed by atoms with Gasteiger partial charge in [-0.15, -0.1) is 0 Å². The van der Waals surface area contributed by atoms with E-state index in [9.17, 15) is 9.59 Å². The molecule has 1 aliphatic rings. The van der Waals surface area contributed by atoms with Gasteiger partial charge < -0.3 is 24.3 Å². The first-order valence-corrected chi connectivity index (χ1v) is 9.01. The van der Waals surface area contributed by atoms with E-state index in [-0.39, 0.29) is 5.75 Å². The summed E-state index contributed by atoms with van der Waals surface area (Å²) in [7, 11) is 5.90. The normalized spacial score (nSPS) is 16.7. The van der Waals surface area contributed by atoms with Crippen LogP contribution in [0.4, 0.5) is 0 Å². The van der Waals surface area contributed by atoms with Crippen molar-refractivity contribution in [2.75, 3.05) is 28.4 Å². The molecule has 1 amide bonds. The van der Waals surface area contributed by atoms with Crippen molar-refractivity contribution in [3.63, 3.8) is 0 Å². The van der Waals surface area contributed by atoms with Gasteiger partial charge >= 0.3 is 0 Å². The third kappa shape index (κ3) is 3.72. The number of carbonyl (C=O) groups is 1. The van der Waals surface area contributed by atoms with Crippen LogP contribution >= 0.6 is 0 Å². The Bertz CT molecular complexity index is 1100. The Morgan fingerprint density at radius 3 is 2.38 bits per heavy atom. The molecule has 154 valence electrons. The Morgan fingerprint density at radius 1 is 1.03 bits per heavy atom. The molecule has 1 N–H and O–H groups in total. The zero-order valence-electron chi connectivity index (χ0n) is 19.8. The quantitative estimate of drug-likeness (QED) is 0.828. The number of ether oxygens (including phenoxy) is 4. The molecule has 0 fully saturated rings. The van der Waals surface area contributed by atoms with Crippen LogP contribution in [0.1, 0.15) is 34.6 Å². The number of fused-ring (bicyclic) bond motifs is 3. The van der Waals surface area contributed by atoms with E-state index in [1.54, 1.807) is 6.07 Å². The molecule has 2 aromatic rings. The minimum absolute atomic E-state index is 0.111. The van der Waals surface area contributed by atoms with Gasteiger partial charge in [-0.3, -0.25) is 9.59 Å². The summed E-state index contributed by atoms with van der Waals surface area (Å²) in [5.74, 6) is 0.276. The summed E-state index contributed by atoms with van der Waals surface area (Å²) in [6, 6.07) is 5.69. The fraction of sp³-hybridized carbons (Fsp3) is 0.364. The highest BCUT2D eigenvalue weighted by atomic mass is 16.5. The summed E-state index contributed by atoms with van der Waals surface area (Å²) in [5, 5.41) is 2.58. The Morgan fingerprint density at radius 2 is 1.76 bits per heavy atom. The first-order valence-electron chi connectivity index (χ1n) is 10.5. The van der Waals surface area contributed by atoms with Gasteiger partial charge in [0.1, 0.15) is 0 Å². The third-order valence-corrected chi connectivity index (χ3v) is 5.03. The van der Waals surface area contributed by atoms with E-state index >= 15 is 0 Å². The molecule has 2 aromatic carbocycles. The van der Waals surface area contributed by atoms with Crippen LogP contribution in [0.5, 0.6) is 23.0 Å². The number of nitrogens with one attached hydrogen (secondary N) is 1. The number of benzene rings is 1. The maximum Gasteiger partial charge on any atom is 0.220 e. The standard InChI is InChI=1S/C22H25NO6/c1-12(24)23-16-8-6-13-10-19(27-3)21(28-4)22(29-5)20(13)14-7-9-18(26-2)17(25)11-15(14)16/h7,9-11,16H,6,8H2,1-5H3,(H,23,24)/t16-/m0/s1/i1D3. The molecule has 0 aromatic heterocycles. The molecule has 0 aliphatic heterocycles. The van der Waals surface area contributed by atoms with Gasteiger partial charge in [-0.25, -0.2) is 0 Å². The van der Waals surface area contributed by atoms with Crippen molar-refractivity contribution in [1.82, 2.24) is 5.32 Å². The monoisotopic (exact) mass is 402 g/mol. The predicted octanol–water partition coefficient (Wildman–Crippen LogP) is 2.87. The van der Waals surface area contributed by atoms with E-state index in [2.05, 4.69) is 5.32 Å². The van der Waals surface area contributed by atoms with Gasteiger partial charge in [-0.2, -0.15) is 0 Å². The molecule has 0 spiro atoms. The molecular weight excluding hydrogens is 374 g/mol. The topological polar surface area (TPSA) is 83.1 Å². The minimum Gasteiger partial charge on any atom is -0.493 e. The third-order valence-electron chi connectivity index (χ3n) is 5.03. The summed E-state index contributed by atoms with van der Waals surface area (Å²) in [6.45, 7) is -2.82. The molecule has 1 aliphatic carbocycles. The molecular formula is C22H25NO6. The molecule has 0 saturated carbocycles. The SMILES string of the molecule is [2H]C([2H])([2H])C(=O)N[C@H]1CCc2cc(OC)c(OC)c(OC)c2-c2ccc(OC)c(=O)cc21. The minimum atomic E-state index is -2.82. The van der Waals surface area contributed by atoms with Crippen molar-refractivity contribution in [3.8, 4) is 34.1 Å². The maximum atomic E-state index is 12.7.